The molecule has 0 saturated carbocycles. The molecule has 0 saturated heterocycles. The summed E-state index contributed by atoms with van der Waals surface area (Å²) in [4.78, 5) is 16.7. The van der Waals surface area contributed by atoms with Gasteiger partial charge < -0.3 is 9.88 Å². The molecule has 0 aliphatic rings. The summed E-state index contributed by atoms with van der Waals surface area (Å²) in [6.45, 7) is 4.57. The molecule has 1 amide bonds. The zero-order chi connectivity index (χ0) is 18.8. The van der Waals surface area contributed by atoms with Crippen molar-refractivity contribution in [3.8, 4) is 0 Å². The van der Waals surface area contributed by atoms with E-state index in [9.17, 15) is 4.79 Å². The minimum Gasteiger partial charge on any atom is -0.346 e. The van der Waals surface area contributed by atoms with Crippen molar-refractivity contribution >= 4 is 27.7 Å². The van der Waals surface area contributed by atoms with Crippen LogP contribution in [0.4, 0.5) is 0 Å². The first-order valence-corrected chi connectivity index (χ1v) is 9.38. The second-order valence-corrected chi connectivity index (χ2v) is 6.87. The van der Waals surface area contributed by atoms with Crippen LogP contribution in [0.3, 0.4) is 0 Å². The number of aromatic nitrogens is 2. The third-order valence-electron chi connectivity index (χ3n) is 4.92. The van der Waals surface area contributed by atoms with Gasteiger partial charge in [0.2, 0.25) is 5.91 Å². The Morgan fingerprint density at radius 2 is 1.78 bits per heavy atom. The number of rotatable bonds is 5. The minimum atomic E-state index is -0.148. The van der Waals surface area contributed by atoms with E-state index in [-0.39, 0.29) is 11.9 Å². The fourth-order valence-electron chi connectivity index (χ4n) is 3.52. The van der Waals surface area contributed by atoms with Crippen LogP contribution in [-0.4, -0.2) is 15.5 Å². The van der Waals surface area contributed by atoms with Crippen LogP contribution in [-0.2, 0) is 11.3 Å². The van der Waals surface area contributed by atoms with Crippen molar-refractivity contribution < 1.29 is 4.79 Å². The van der Waals surface area contributed by atoms with Crippen LogP contribution < -0.4 is 5.32 Å². The van der Waals surface area contributed by atoms with Crippen LogP contribution in [0.25, 0.3) is 21.8 Å². The SMILES string of the molecule is CCC(=O)NC(C)c1nc2ccccc2n1Cc1ccc2ccccc2c1. The van der Waals surface area contributed by atoms with Crippen LogP contribution in [0.1, 0.15) is 37.7 Å². The molecule has 1 unspecified atom stereocenters. The van der Waals surface area contributed by atoms with Gasteiger partial charge in [-0.15, -0.1) is 0 Å². The van der Waals surface area contributed by atoms with E-state index in [1.165, 1.54) is 16.3 Å². The second kappa shape index (κ2) is 7.23. The Hall–Kier alpha value is -3.14. The largest absolute Gasteiger partial charge is 0.346 e. The van der Waals surface area contributed by atoms with E-state index in [0.29, 0.717) is 13.0 Å². The molecule has 4 rings (SSSR count). The number of benzene rings is 3. The molecule has 0 spiro atoms. The summed E-state index contributed by atoms with van der Waals surface area (Å²) < 4.78 is 2.21. The van der Waals surface area contributed by atoms with Crippen molar-refractivity contribution in [2.45, 2.75) is 32.9 Å². The topological polar surface area (TPSA) is 46.9 Å². The lowest BCUT2D eigenvalue weighted by Gasteiger charge is -2.16. The summed E-state index contributed by atoms with van der Waals surface area (Å²) in [6, 6.07) is 22.9. The van der Waals surface area contributed by atoms with Gasteiger partial charge in [-0.3, -0.25) is 4.79 Å². The van der Waals surface area contributed by atoms with E-state index in [0.717, 1.165) is 16.9 Å². The Morgan fingerprint density at radius 1 is 1.04 bits per heavy atom. The van der Waals surface area contributed by atoms with Gasteiger partial charge in [-0.1, -0.05) is 55.5 Å². The highest BCUT2D eigenvalue weighted by Gasteiger charge is 2.18. The predicted octanol–water partition coefficient (Wildman–Crippen LogP) is 4.83. The molecule has 0 fully saturated rings. The van der Waals surface area contributed by atoms with Crippen LogP contribution in [0.2, 0.25) is 0 Å². The van der Waals surface area contributed by atoms with E-state index in [2.05, 4.69) is 58.4 Å². The Morgan fingerprint density at radius 3 is 2.59 bits per heavy atom. The zero-order valence-corrected chi connectivity index (χ0v) is 15.6. The lowest BCUT2D eigenvalue weighted by Crippen LogP contribution is -2.28. The average Bonchev–Trinajstić information content (AvgIpc) is 3.06. The number of hydrogen-bond acceptors (Lipinski definition) is 2. The molecule has 4 nitrogen and oxygen atoms in total. The summed E-state index contributed by atoms with van der Waals surface area (Å²) >= 11 is 0. The monoisotopic (exact) mass is 357 g/mol. The molecule has 1 heterocycles. The third kappa shape index (κ3) is 3.43. The van der Waals surface area contributed by atoms with Crippen molar-refractivity contribution in [3.05, 3.63) is 78.1 Å². The number of nitrogens with zero attached hydrogens (tertiary/aromatic N) is 2. The molecule has 0 aliphatic carbocycles. The molecule has 1 N–H and O–H groups in total. The Labute approximate surface area is 158 Å². The number of carbonyl (C=O) groups is 1. The number of nitrogens with one attached hydrogen (secondary N) is 1. The first-order valence-electron chi connectivity index (χ1n) is 9.38. The number of imidazole rings is 1. The van der Waals surface area contributed by atoms with E-state index < -0.39 is 0 Å². The fraction of sp³-hybridized carbons (Fsp3) is 0.217. The highest BCUT2D eigenvalue weighted by molar-refractivity contribution is 5.83. The number of para-hydroxylation sites is 2. The normalized spacial score (nSPS) is 12.4. The first kappa shape index (κ1) is 17.3. The van der Waals surface area contributed by atoms with E-state index in [1.54, 1.807) is 0 Å². The van der Waals surface area contributed by atoms with Crippen molar-refractivity contribution in [3.63, 3.8) is 0 Å². The molecule has 0 bridgehead atoms. The molecule has 4 heteroatoms. The standard InChI is InChI=1S/C23H23N3O/c1-3-22(27)24-16(2)23-25-20-10-6-7-11-21(20)26(23)15-17-12-13-18-8-4-5-9-19(18)14-17/h4-14,16H,3,15H2,1-2H3,(H,24,27). The van der Waals surface area contributed by atoms with Crippen LogP contribution >= 0.6 is 0 Å². The van der Waals surface area contributed by atoms with Crippen molar-refractivity contribution in [1.29, 1.82) is 0 Å². The molecule has 1 aromatic heterocycles. The van der Waals surface area contributed by atoms with E-state index >= 15 is 0 Å². The fourth-order valence-corrected chi connectivity index (χ4v) is 3.52. The maximum atomic E-state index is 11.9. The van der Waals surface area contributed by atoms with Gasteiger partial charge >= 0.3 is 0 Å². The van der Waals surface area contributed by atoms with E-state index in [1.807, 2.05) is 32.0 Å². The maximum Gasteiger partial charge on any atom is 0.220 e. The highest BCUT2D eigenvalue weighted by atomic mass is 16.1. The minimum absolute atomic E-state index is 0.0341. The Bertz CT molecular complexity index is 1110. The first-order chi connectivity index (χ1) is 13.2. The summed E-state index contributed by atoms with van der Waals surface area (Å²) in [5.74, 6) is 0.915. The van der Waals surface area contributed by atoms with Gasteiger partial charge in [0.15, 0.2) is 0 Å². The highest BCUT2D eigenvalue weighted by Crippen LogP contribution is 2.24. The molecule has 0 aliphatic heterocycles. The molecule has 3 aromatic carbocycles. The lowest BCUT2D eigenvalue weighted by atomic mass is 10.1. The van der Waals surface area contributed by atoms with Crippen LogP contribution in [0.5, 0.6) is 0 Å². The molecular formula is C23H23N3O. The Balaban J connectivity index is 1.76. The summed E-state index contributed by atoms with van der Waals surface area (Å²) in [5.41, 5.74) is 3.25. The van der Waals surface area contributed by atoms with Gasteiger partial charge in [-0.2, -0.15) is 0 Å². The number of amides is 1. The lowest BCUT2D eigenvalue weighted by molar-refractivity contribution is -0.121. The third-order valence-corrected chi connectivity index (χ3v) is 4.92. The van der Waals surface area contributed by atoms with Gasteiger partial charge in [0.05, 0.1) is 17.1 Å². The predicted molar refractivity (Wildman–Crippen MR) is 110 cm³/mol. The molecule has 4 aromatic rings. The number of fused-ring (bicyclic) bond motifs is 2. The van der Waals surface area contributed by atoms with Gasteiger partial charge in [-0.25, -0.2) is 4.98 Å². The van der Waals surface area contributed by atoms with Crippen molar-refractivity contribution in [1.82, 2.24) is 14.9 Å². The molecule has 1 atom stereocenters. The van der Waals surface area contributed by atoms with Crippen molar-refractivity contribution in [2.75, 3.05) is 0 Å². The molecular weight excluding hydrogens is 334 g/mol. The summed E-state index contributed by atoms with van der Waals surface area (Å²) in [5, 5.41) is 5.51. The second-order valence-electron chi connectivity index (χ2n) is 6.87. The molecule has 27 heavy (non-hydrogen) atoms. The molecule has 136 valence electrons. The summed E-state index contributed by atoms with van der Waals surface area (Å²) in [7, 11) is 0. The van der Waals surface area contributed by atoms with Gasteiger partial charge in [0.1, 0.15) is 5.82 Å². The quantitative estimate of drug-likeness (QED) is 0.556. The maximum absolute atomic E-state index is 11.9. The number of hydrogen-bond donors (Lipinski definition) is 1. The Kier molecular flexibility index (Phi) is 4.63. The molecule has 0 radical (unpaired) electrons. The van der Waals surface area contributed by atoms with Gasteiger partial charge in [0, 0.05) is 13.0 Å². The van der Waals surface area contributed by atoms with Crippen molar-refractivity contribution in [2.24, 2.45) is 0 Å². The van der Waals surface area contributed by atoms with Gasteiger partial charge in [0.25, 0.3) is 0 Å². The zero-order valence-electron chi connectivity index (χ0n) is 15.6. The summed E-state index contributed by atoms with van der Waals surface area (Å²) in [6.07, 6.45) is 0.468. The van der Waals surface area contributed by atoms with E-state index in [4.69, 9.17) is 4.98 Å². The smallest absolute Gasteiger partial charge is 0.220 e. The van der Waals surface area contributed by atoms with Crippen LogP contribution in [0.15, 0.2) is 66.7 Å². The average molecular weight is 357 g/mol. The number of carbonyl (C=O) groups excluding carboxylic acids is 1. The van der Waals surface area contributed by atoms with Gasteiger partial charge in [-0.05, 0) is 41.5 Å². The van der Waals surface area contributed by atoms with Crippen LogP contribution in [0, 0.1) is 0 Å².